The van der Waals surface area contributed by atoms with E-state index >= 15 is 0 Å². The molecule has 2 aromatic rings. The van der Waals surface area contributed by atoms with E-state index in [1.54, 1.807) is 0 Å². The molecule has 0 saturated carbocycles. The Morgan fingerprint density at radius 3 is 2.82 bits per heavy atom. The maximum absolute atomic E-state index is 13.3. The average molecular weight is 414 g/mol. The van der Waals surface area contributed by atoms with Crippen LogP contribution in [0.2, 0.25) is 5.15 Å². The molecule has 1 saturated heterocycles. The van der Waals surface area contributed by atoms with Gasteiger partial charge in [0.2, 0.25) is 0 Å². The molecule has 1 N–H and O–H groups in total. The number of benzene rings is 1. The number of nitrogens with zero attached hydrogens (tertiary/aromatic N) is 2. The molecule has 1 aliphatic heterocycles. The minimum atomic E-state index is -4.57. The fourth-order valence-electron chi connectivity index (χ4n) is 3.05. The highest BCUT2D eigenvalue weighted by atomic mass is 35.5. The summed E-state index contributed by atoms with van der Waals surface area (Å²) in [6.45, 7) is 1.21. The summed E-state index contributed by atoms with van der Waals surface area (Å²) in [5, 5.41) is 2.40. The SMILES string of the molecule is CN1CCCC1COc1cc(NC(=O)c2cccnc2Cl)cc(C(F)(F)F)c1. The third-order valence-electron chi connectivity index (χ3n) is 4.61. The number of alkyl halides is 3. The Kier molecular flexibility index (Phi) is 6.10. The van der Waals surface area contributed by atoms with Crippen LogP contribution in [0, 0.1) is 0 Å². The van der Waals surface area contributed by atoms with Crippen molar-refractivity contribution < 1.29 is 22.7 Å². The second-order valence-electron chi connectivity index (χ2n) is 6.63. The van der Waals surface area contributed by atoms with Gasteiger partial charge in [-0.1, -0.05) is 11.6 Å². The van der Waals surface area contributed by atoms with E-state index in [2.05, 4.69) is 15.2 Å². The quantitative estimate of drug-likeness (QED) is 0.734. The lowest BCUT2D eigenvalue weighted by Crippen LogP contribution is -2.30. The Hall–Kier alpha value is -2.32. The van der Waals surface area contributed by atoms with Crippen LogP contribution >= 0.6 is 11.6 Å². The number of likely N-dealkylation sites (tertiary alicyclic amines) is 1. The van der Waals surface area contributed by atoms with Crippen molar-refractivity contribution in [2.75, 3.05) is 25.5 Å². The van der Waals surface area contributed by atoms with E-state index in [0.29, 0.717) is 0 Å². The molecule has 3 rings (SSSR count). The maximum atomic E-state index is 13.3. The van der Waals surface area contributed by atoms with E-state index in [0.717, 1.165) is 31.5 Å². The minimum Gasteiger partial charge on any atom is -0.492 e. The summed E-state index contributed by atoms with van der Waals surface area (Å²) >= 11 is 5.88. The summed E-state index contributed by atoms with van der Waals surface area (Å²) in [6.07, 6.45) is -1.21. The first-order valence-corrected chi connectivity index (χ1v) is 9.09. The summed E-state index contributed by atoms with van der Waals surface area (Å²) in [5.41, 5.74) is -0.872. The van der Waals surface area contributed by atoms with Crippen molar-refractivity contribution in [2.24, 2.45) is 0 Å². The van der Waals surface area contributed by atoms with E-state index in [1.807, 2.05) is 7.05 Å². The Morgan fingerprint density at radius 2 is 2.18 bits per heavy atom. The molecular formula is C19H19ClF3N3O2. The number of carbonyl (C=O) groups excluding carboxylic acids is 1. The fourth-order valence-corrected chi connectivity index (χ4v) is 3.26. The molecule has 1 aromatic carbocycles. The number of carbonyl (C=O) groups is 1. The van der Waals surface area contributed by atoms with Crippen LogP contribution in [0.4, 0.5) is 18.9 Å². The molecule has 28 heavy (non-hydrogen) atoms. The van der Waals surface area contributed by atoms with Crippen molar-refractivity contribution in [3.8, 4) is 5.75 Å². The van der Waals surface area contributed by atoms with Gasteiger partial charge in [0.05, 0.1) is 11.1 Å². The van der Waals surface area contributed by atoms with Crippen LogP contribution in [0.15, 0.2) is 36.5 Å². The molecule has 9 heteroatoms. The van der Waals surface area contributed by atoms with Crippen LogP contribution in [-0.2, 0) is 6.18 Å². The Balaban J connectivity index is 1.81. The van der Waals surface area contributed by atoms with E-state index < -0.39 is 17.6 Å². The average Bonchev–Trinajstić information content (AvgIpc) is 3.04. The van der Waals surface area contributed by atoms with Crippen LogP contribution in [-0.4, -0.2) is 42.0 Å². The first-order chi connectivity index (χ1) is 13.2. The van der Waals surface area contributed by atoms with Crippen LogP contribution in [0.1, 0.15) is 28.8 Å². The van der Waals surface area contributed by atoms with Gasteiger partial charge in [0.1, 0.15) is 17.5 Å². The molecule has 1 aromatic heterocycles. The molecule has 0 spiro atoms. The van der Waals surface area contributed by atoms with Crippen molar-refractivity contribution in [1.82, 2.24) is 9.88 Å². The molecule has 0 aliphatic carbocycles. The first kappa shape index (κ1) is 20.4. The van der Waals surface area contributed by atoms with E-state index in [9.17, 15) is 18.0 Å². The molecule has 0 bridgehead atoms. The molecule has 1 fully saturated rings. The topological polar surface area (TPSA) is 54.5 Å². The molecular weight excluding hydrogens is 395 g/mol. The molecule has 0 radical (unpaired) electrons. The highest BCUT2D eigenvalue weighted by Crippen LogP contribution is 2.34. The monoisotopic (exact) mass is 413 g/mol. The molecule has 1 amide bonds. The van der Waals surface area contributed by atoms with Crippen molar-refractivity contribution in [3.05, 3.63) is 52.8 Å². The third-order valence-corrected chi connectivity index (χ3v) is 4.91. The number of hydrogen-bond donors (Lipinski definition) is 1. The molecule has 1 atom stereocenters. The van der Waals surface area contributed by atoms with Crippen molar-refractivity contribution in [3.63, 3.8) is 0 Å². The Labute approximate surface area is 165 Å². The van der Waals surface area contributed by atoms with Gasteiger partial charge >= 0.3 is 6.18 Å². The number of amides is 1. The number of nitrogens with one attached hydrogen (secondary N) is 1. The normalized spacial score (nSPS) is 17.5. The van der Waals surface area contributed by atoms with Gasteiger partial charge in [-0.15, -0.1) is 0 Å². The number of anilines is 1. The van der Waals surface area contributed by atoms with Gasteiger partial charge in [-0.05, 0) is 50.7 Å². The molecule has 5 nitrogen and oxygen atoms in total. The number of pyridine rings is 1. The lowest BCUT2D eigenvalue weighted by molar-refractivity contribution is -0.137. The zero-order chi connectivity index (χ0) is 20.3. The largest absolute Gasteiger partial charge is 0.492 e. The van der Waals surface area contributed by atoms with Crippen molar-refractivity contribution in [1.29, 1.82) is 0 Å². The van der Waals surface area contributed by atoms with Crippen LogP contribution < -0.4 is 10.1 Å². The predicted molar refractivity (Wildman–Crippen MR) is 99.8 cm³/mol. The minimum absolute atomic E-state index is 0.0329. The van der Waals surface area contributed by atoms with Crippen molar-refractivity contribution in [2.45, 2.75) is 25.1 Å². The second-order valence-corrected chi connectivity index (χ2v) is 6.99. The van der Waals surface area contributed by atoms with Gasteiger partial charge in [0.15, 0.2) is 0 Å². The van der Waals surface area contributed by atoms with Gasteiger partial charge in [-0.3, -0.25) is 4.79 Å². The Morgan fingerprint density at radius 1 is 1.39 bits per heavy atom. The summed E-state index contributed by atoms with van der Waals surface area (Å²) < 4.78 is 45.4. The van der Waals surface area contributed by atoms with Crippen LogP contribution in [0.3, 0.4) is 0 Å². The summed E-state index contributed by atoms with van der Waals surface area (Å²) in [5.74, 6) is -0.610. The second kappa shape index (κ2) is 8.36. The smallest absolute Gasteiger partial charge is 0.416 e. The van der Waals surface area contributed by atoms with E-state index in [4.69, 9.17) is 16.3 Å². The number of ether oxygens (including phenoxy) is 1. The van der Waals surface area contributed by atoms with Crippen LogP contribution in [0.5, 0.6) is 5.75 Å². The lowest BCUT2D eigenvalue weighted by Gasteiger charge is -2.20. The number of aromatic nitrogens is 1. The van der Waals surface area contributed by atoms with Gasteiger partial charge < -0.3 is 15.0 Å². The number of likely N-dealkylation sites (N-methyl/N-ethyl adjacent to an activating group) is 1. The maximum Gasteiger partial charge on any atom is 0.416 e. The Bertz CT molecular complexity index is 861. The summed E-state index contributed by atoms with van der Waals surface area (Å²) in [7, 11) is 1.95. The first-order valence-electron chi connectivity index (χ1n) is 8.71. The standard InChI is InChI=1S/C19H19ClF3N3O2/c1-26-7-3-4-14(26)11-28-15-9-12(19(21,22)23)8-13(10-15)25-18(27)16-5-2-6-24-17(16)20/h2,5-6,8-10,14H,3-4,7,11H2,1H3,(H,25,27). The van der Waals surface area contributed by atoms with Gasteiger partial charge in [-0.25, -0.2) is 4.98 Å². The molecule has 1 aliphatic rings. The van der Waals surface area contributed by atoms with Crippen molar-refractivity contribution >= 4 is 23.2 Å². The number of rotatable bonds is 5. The highest BCUT2D eigenvalue weighted by molar-refractivity contribution is 6.33. The van der Waals surface area contributed by atoms with E-state index in [1.165, 1.54) is 24.4 Å². The van der Waals surface area contributed by atoms with Crippen LogP contribution in [0.25, 0.3) is 0 Å². The predicted octanol–water partition coefficient (Wildman–Crippen LogP) is 4.48. The molecule has 2 heterocycles. The summed E-state index contributed by atoms with van der Waals surface area (Å²) in [4.78, 5) is 18.3. The van der Waals surface area contributed by atoms with Gasteiger partial charge in [-0.2, -0.15) is 13.2 Å². The van der Waals surface area contributed by atoms with Gasteiger partial charge in [0, 0.05) is 24.0 Å². The lowest BCUT2D eigenvalue weighted by atomic mass is 10.1. The fraction of sp³-hybridized carbons (Fsp3) is 0.368. The highest BCUT2D eigenvalue weighted by Gasteiger charge is 2.32. The zero-order valence-electron chi connectivity index (χ0n) is 15.1. The number of halogens is 4. The molecule has 150 valence electrons. The van der Waals surface area contributed by atoms with Gasteiger partial charge in [0.25, 0.3) is 5.91 Å². The summed E-state index contributed by atoms with van der Waals surface area (Å²) in [6, 6.07) is 6.26. The zero-order valence-corrected chi connectivity index (χ0v) is 15.8. The van der Waals surface area contributed by atoms with E-state index in [-0.39, 0.29) is 34.8 Å². The molecule has 1 unspecified atom stereocenters. The third kappa shape index (κ3) is 4.94. The number of hydrogen-bond acceptors (Lipinski definition) is 4.